The summed E-state index contributed by atoms with van der Waals surface area (Å²) >= 11 is 0. The first kappa shape index (κ1) is 22.9. The Labute approximate surface area is 213 Å². The van der Waals surface area contributed by atoms with Crippen LogP contribution in [0.2, 0.25) is 0 Å². The molecule has 1 N–H and O–H groups in total. The second kappa shape index (κ2) is 9.83. The van der Waals surface area contributed by atoms with Gasteiger partial charge in [-0.25, -0.2) is 0 Å². The highest BCUT2D eigenvalue weighted by Gasteiger charge is 2.27. The number of ether oxygens (including phenoxy) is 1. The van der Waals surface area contributed by atoms with Crippen molar-refractivity contribution in [2.45, 2.75) is 19.1 Å². The van der Waals surface area contributed by atoms with E-state index in [0.717, 1.165) is 38.9 Å². The number of para-hydroxylation sites is 1. The van der Waals surface area contributed by atoms with Gasteiger partial charge in [0.2, 0.25) is 0 Å². The summed E-state index contributed by atoms with van der Waals surface area (Å²) in [6, 6.07) is 25.9. The highest BCUT2D eigenvalue weighted by atomic mass is 16.5. The Bertz CT molecular complexity index is 1600. The summed E-state index contributed by atoms with van der Waals surface area (Å²) in [6.45, 7) is 1.28. The topological polar surface area (TPSA) is 94.5 Å². The fraction of sp³-hybridized carbons (Fsp3) is 0.172. The Morgan fingerprint density at radius 1 is 0.973 bits per heavy atom. The summed E-state index contributed by atoms with van der Waals surface area (Å²) in [5.74, 6) is 0.288. The molecule has 1 aliphatic heterocycles. The van der Waals surface area contributed by atoms with E-state index in [0.29, 0.717) is 19.0 Å². The number of hydrogen-bond acceptors (Lipinski definition) is 7. The molecule has 0 spiro atoms. The van der Waals surface area contributed by atoms with Crippen molar-refractivity contribution in [2.24, 2.45) is 4.99 Å². The van der Waals surface area contributed by atoms with Crippen molar-refractivity contribution in [2.75, 3.05) is 19.0 Å². The van der Waals surface area contributed by atoms with Gasteiger partial charge < -0.3 is 19.0 Å². The van der Waals surface area contributed by atoms with Gasteiger partial charge in [0.25, 0.3) is 5.89 Å². The van der Waals surface area contributed by atoms with Crippen LogP contribution in [0.3, 0.4) is 0 Å². The summed E-state index contributed by atoms with van der Waals surface area (Å²) in [4.78, 5) is 18.1. The van der Waals surface area contributed by atoms with E-state index >= 15 is 0 Å². The Morgan fingerprint density at radius 3 is 2.65 bits per heavy atom. The molecule has 8 nitrogen and oxygen atoms in total. The molecule has 37 heavy (non-hydrogen) atoms. The molecule has 0 fully saturated rings. The molecule has 0 aliphatic carbocycles. The number of Topliss-reactive ketones (excluding diaryl/α,β-unsaturated/α-hetero) is 1. The van der Waals surface area contributed by atoms with Crippen LogP contribution in [0, 0.1) is 0 Å². The molecule has 0 bridgehead atoms. The second-order valence-corrected chi connectivity index (χ2v) is 8.85. The van der Waals surface area contributed by atoms with Crippen LogP contribution in [0.15, 0.2) is 94.5 Å². The number of ketones is 1. The second-order valence-electron chi connectivity index (χ2n) is 8.85. The van der Waals surface area contributed by atoms with E-state index in [4.69, 9.17) is 14.1 Å². The predicted octanol–water partition coefficient (Wildman–Crippen LogP) is 4.74. The number of benzene rings is 3. The summed E-state index contributed by atoms with van der Waals surface area (Å²) in [5.41, 5.74) is 5.37. The van der Waals surface area contributed by atoms with Gasteiger partial charge in [0, 0.05) is 42.8 Å². The molecule has 1 aliphatic rings. The van der Waals surface area contributed by atoms with Crippen LogP contribution in [0.25, 0.3) is 22.4 Å². The largest absolute Gasteiger partial charge is 0.403 e. The standard InChI is InChI=1S/C29H25N5O3/c1-36-17-16-34-15-14-20-11-7-13-23(26(20)34)28-32-33-29(37-28)31-27-24(35)18-21-10-5-6-12-22(21)25(30-27)19-8-3-2-4-9-19/h2-15,27H,16-18H2,1H3,(H,31,33)/t27-/m1/s1. The van der Waals surface area contributed by atoms with Crippen molar-refractivity contribution < 1.29 is 13.9 Å². The van der Waals surface area contributed by atoms with E-state index in [1.165, 1.54) is 0 Å². The van der Waals surface area contributed by atoms with E-state index < -0.39 is 6.17 Å². The maximum Gasteiger partial charge on any atom is 0.317 e. The fourth-order valence-electron chi connectivity index (χ4n) is 4.72. The summed E-state index contributed by atoms with van der Waals surface area (Å²) in [7, 11) is 1.68. The quantitative estimate of drug-likeness (QED) is 0.353. The number of aromatic nitrogens is 3. The number of nitrogens with one attached hydrogen (secondary N) is 1. The molecule has 0 radical (unpaired) electrons. The normalized spacial score (nSPS) is 15.3. The summed E-state index contributed by atoms with van der Waals surface area (Å²) in [5, 5.41) is 12.6. The van der Waals surface area contributed by atoms with Gasteiger partial charge in [-0.05, 0) is 17.7 Å². The predicted molar refractivity (Wildman–Crippen MR) is 142 cm³/mol. The van der Waals surface area contributed by atoms with Crippen LogP contribution < -0.4 is 5.32 Å². The molecule has 0 saturated carbocycles. The van der Waals surface area contributed by atoms with Crippen LogP contribution in [-0.4, -0.2) is 46.1 Å². The van der Waals surface area contributed by atoms with Crippen molar-refractivity contribution in [1.29, 1.82) is 0 Å². The number of hydrogen-bond donors (Lipinski definition) is 1. The molecule has 5 aromatic rings. The van der Waals surface area contributed by atoms with Gasteiger partial charge in [-0.2, -0.15) is 0 Å². The van der Waals surface area contributed by atoms with Crippen molar-refractivity contribution in [3.63, 3.8) is 0 Å². The molecule has 0 unspecified atom stereocenters. The lowest BCUT2D eigenvalue weighted by Gasteiger charge is -2.12. The Hall–Kier alpha value is -4.56. The third-order valence-corrected chi connectivity index (χ3v) is 6.49. The lowest BCUT2D eigenvalue weighted by atomic mass is 9.96. The van der Waals surface area contributed by atoms with Gasteiger partial charge in [-0.15, -0.1) is 5.10 Å². The minimum atomic E-state index is -0.864. The SMILES string of the molecule is COCCn1ccc2cccc(-c3nnc(N[C@H]4N=C(c5ccccc5)c5ccccc5CC4=O)o3)c21. The molecule has 0 amide bonds. The molecule has 3 aromatic carbocycles. The van der Waals surface area contributed by atoms with Gasteiger partial charge in [0.05, 0.1) is 23.4 Å². The first-order valence-corrected chi connectivity index (χ1v) is 12.1. The lowest BCUT2D eigenvalue weighted by molar-refractivity contribution is -0.119. The van der Waals surface area contributed by atoms with Crippen molar-refractivity contribution in [1.82, 2.24) is 14.8 Å². The van der Waals surface area contributed by atoms with Crippen LogP contribution in [0.1, 0.15) is 16.7 Å². The fourth-order valence-corrected chi connectivity index (χ4v) is 4.72. The zero-order chi connectivity index (χ0) is 25.2. The maximum atomic E-state index is 13.2. The van der Waals surface area contributed by atoms with E-state index in [-0.39, 0.29) is 18.2 Å². The molecular weight excluding hydrogens is 466 g/mol. The highest BCUT2D eigenvalue weighted by Crippen LogP contribution is 2.30. The first-order valence-electron chi connectivity index (χ1n) is 12.1. The highest BCUT2D eigenvalue weighted by molar-refractivity contribution is 6.16. The van der Waals surface area contributed by atoms with E-state index in [1.54, 1.807) is 7.11 Å². The molecule has 2 aromatic heterocycles. The zero-order valence-electron chi connectivity index (χ0n) is 20.3. The van der Waals surface area contributed by atoms with E-state index in [1.807, 2.05) is 85.1 Å². The maximum absolute atomic E-state index is 13.2. The monoisotopic (exact) mass is 491 g/mol. The van der Waals surface area contributed by atoms with Crippen LogP contribution in [-0.2, 0) is 22.5 Å². The van der Waals surface area contributed by atoms with Gasteiger partial charge in [0.15, 0.2) is 11.9 Å². The number of carbonyl (C=O) groups is 1. The smallest absolute Gasteiger partial charge is 0.317 e. The Morgan fingerprint density at radius 2 is 1.78 bits per heavy atom. The Kier molecular flexibility index (Phi) is 6.08. The minimum Gasteiger partial charge on any atom is -0.403 e. The first-order chi connectivity index (χ1) is 18.2. The number of anilines is 1. The van der Waals surface area contributed by atoms with Crippen molar-refractivity contribution in [3.8, 4) is 11.5 Å². The average molecular weight is 492 g/mol. The molecule has 8 heteroatoms. The van der Waals surface area contributed by atoms with E-state index in [9.17, 15) is 4.79 Å². The third-order valence-electron chi connectivity index (χ3n) is 6.49. The van der Waals surface area contributed by atoms with E-state index in [2.05, 4.69) is 20.1 Å². The van der Waals surface area contributed by atoms with Gasteiger partial charge in [-0.3, -0.25) is 9.79 Å². The molecule has 184 valence electrons. The van der Waals surface area contributed by atoms with Crippen molar-refractivity contribution >= 4 is 28.4 Å². The summed E-state index contributed by atoms with van der Waals surface area (Å²) < 4.78 is 13.4. The zero-order valence-corrected chi connectivity index (χ0v) is 20.3. The summed E-state index contributed by atoms with van der Waals surface area (Å²) in [6.07, 6.45) is 1.41. The number of fused-ring (bicyclic) bond motifs is 2. The molecule has 0 saturated heterocycles. The van der Waals surface area contributed by atoms with Crippen LogP contribution in [0.4, 0.5) is 6.01 Å². The molecule has 3 heterocycles. The number of aliphatic imine (C=N–C) groups is 1. The number of carbonyl (C=O) groups excluding carboxylic acids is 1. The number of nitrogens with zero attached hydrogens (tertiary/aromatic N) is 4. The van der Waals surface area contributed by atoms with Crippen LogP contribution in [0.5, 0.6) is 0 Å². The Balaban J connectivity index is 1.34. The van der Waals surface area contributed by atoms with Gasteiger partial charge in [-0.1, -0.05) is 71.8 Å². The minimum absolute atomic E-state index is 0.0753. The molecular formula is C29H25N5O3. The van der Waals surface area contributed by atoms with Crippen molar-refractivity contribution in [3.05, 3.63) is 102 Å². The number of methoxy groups -OCH3 is 1. The molecule has 1 atom stereocenters. The average Bonchev–Trinajstić information content (AvgIpc) is 3.54. The number of rotatable bonds is 7. The lowest BCUT2D eigenvalue weighted by Crippen LogP contribution is -2.29. The molecule has 6 rings (SSSR count). The van der Waals surface area contributed by atoms with Gasteiger partial charge in [0.1, 0.15) is 0 Å². The van der Waals surface area contributed by atoms with Crippen LogP contribution >= 0.6 is 0 Å². The third kappa shape index (κ3) is 4.43. The van der Waals surface area contributed by atoms with Gasteiger partial charge >= 0.3 is 6.01 Å².